The van der Waals surface area contributed by atoms with Gasteiger partial charge in [0, 0.05) is 11.1 Å². The maximum Gasteiger partial charge on any atom is 0.238 e. The summed E-state index contributed by atoms with van der Waals surface area (Å²) in [5, 5.41) is 5.13. The van der Waals surface area contributed by atoms with Crippen LogP contribution in [0, 0.1) is 0 Å². The van der Waals surface area contributed by atoms with E-state index in [2.05, 4.69) is 29.2 Å². The predicted octanol–water partition coefficient (Wildman–Crippen LogP) is 4.70. The van der Waals surface area contributed by atoms with Crippen molar-refractivity contribution in [1.82, 2.24) is 4.98 Å². The smallest absolute Gasteiger partial charge is 0.238 e. The maximum absolute atomic E-state index is 11.4. The lowest BCUT2D eigenvalue weighted by atomic mass is 9.84. The molecule has 27 heavy (non-hydrogen) atoms. The second kappa shape index (κ2) is 7.29. The van der Waals surface area contributed by atoms with E-state index in [4.69, 9.17) is 9.56 Å². The van der Waals surface area contributed by atoms with E-state index in [9.17, 15) is 8.42 Å². The molecular formula is C21H22N2O3S. The molecule has 1 aromatic heterocycles. The SMILES string of the molecule is NS(=O)(=O)c1ccc(-c2coc(-c3ccc(C4CCCCC4)cc3)n2)cc1. The number of primary sulfonamides is 1. The Morgan fingerprint density at radius 2 is 1.52 bits per heavy atom. The van der Waals surface area contributed by atoms with Crippen LogP contribution in [0.4, 0.5) is 0 Å². The molecule has 5 nitrogen and oxygen atoms in total. The van der Waals surface area contributed by atoms with Gasteiger partial charge in [0.2, 0.25) is 15.9 Å². The number of nitrogens with two attached hydrogens (primary N) is 1. The molecule has 0 bridgehead atoms. The van der Waals surface area contributed by atoms with Crippen molar-refractivity contribution < 1.29 is 12.8 Å². The zero-order chi connectivity index (χ0) is 18.9. The molecule has 0 aliphatic heterocycles. The van der Waals surface area contributed by atoms with E-state index in [1.165, 1.54) is 49.8 Å². The lowest BCUT2D eigenvalue weighted by Gasteiger charge is -2.21. The molecule has 1 fully saturated rings. The van der Waals surface area contributed by atoms with Gasteiger partial charge in [-0.1, -0.05) is 43.5 Å². The van der Waals surface area contributed by atoms with Gasteiger partial charge in [-0.2, -0.15) is 0 Å². The predicted molar refractivity (Wildman–Crippen MR) is 105 cm³/mol. The largest absolute Gasteiger partial charge is 0.444 e. The molecule has 0 amide bonds. The van der Waals surface area contributed by atoms with E-state index in [1.807, 2.05) is 0 Å². The summed E-state index contributed by atoms with van der Waals surface area (Å²) in [7, 11) is -3.70. The van der Waals surface area contributed by atoms with Crippen molar-refractivity contribution in [2.24, 2.45) is 5.14 Å². The molecule has 2 aromatic carbocycles. The van der Waals surface area contributed by atoms with Crippen LogP contribution in [-0.4, -0.2) is 13.4 Å². The number of rotatable bonds is 4. The lowest BCUT2D eigenvalue weighted by molar-refractivity contribution is 0.443. The molecule has 0 spiro atoms. The summed E-state index contributed by atoms with van der Waals surface area (Å²) in [6.45, 7) is 0. The fourth-order valence-corrected chi connectivity index (χ4v) is 4.20. The highest BCUT2D eigenvalue weighted by Gasteiger charge is 2.16. The number of hydrogen-bond acceptors (Lipinski definition) is 4. The minimum absolute atomic E-state index is 0.0771. The zero-order valence-corrected chi connectivity index (χ0v) is 15.8. The van der Waals surface area contributed by atoms with Crippen molar-refractivity contribution in [3.8, 4) is 22.7 Å². The normalized spacial score (nSPS) is 15.7. The third kappa shape index (κ3) is 3.96. The van der Waals surface area contributed by atoms with Crippen LogP contribution >= 0.6 is 0 Å². The third-order valence-electron chi connectivity index (χ3n) is 5.22. The van der Waals surface area contributed by atoms with E-state index in [0.29, 0.717) is 17.5 Å². The van der Waals surface area contributed by atoms with Crippen molar-refractivity contribution in [3.05, 3.63) is 60.4 Å². The van der Waals surface area contributed by atoms with Gasteiger partial charge < -0.3 is 4.42 Å². The van der Waals surface area contributed by atoms with Gasteiger partial charge in [0.05, 0.1) is 4.90 Å². The van der Waals surface area contributed by atoms with Gasteiger partial charge >= 0.3 is 0 Å². The zero-order valence-electron chi connectivity index (χ0n) is 15.0. The average Bonchev–Trinajstić information content (AvgIpc) is 3.18. The Hall–Kier alpha value is -2.44. The quantitative estimate of drug-likeness (QED) is 0.708. The highest BCUT2D eigenvalue weighted by Crippen LogP contribution is 2.33. The Balaban J connectivity index is 1.53. The Labute approximate surface area is 159 Å². The highest BCUT2D eigenvalue weighted by molar-refractivity contribution is 7.89. The van der Waals surface area contributed by atoms with Crippen LogP contribution in [0.2, 0.25) is 0 Å². The number of oxazole rings is 1. The molecular weight excluding hydrogens is 360 g/mol. The van der Waals surface area contributed by atoms with Crippen LogP contribution < -0.4 is 5.14 Å². The van der Waals surface area contributed by atoms with Crippen molar-refractivity contribution in [1.29, 1.82) is 0 Å². The summed E-state index contributed by atoms with van der Waals surface area (Å²) in [5.41, 5.74) is 3.75. The molecule has 1 heterocycles. The van der Waals surface area contributed by atoms with Gasteiger partial charge in [0.15, 0.2) is 0 Å². The van der Waals surface area contributed by atoms with Crippen molar-refractivity contribution >= 4 is 10.0 Å². The van der Waals surface area contributed by atoms with Gasteiger partial charge in [-0.3, -0.25) is 0 Å². The van der Waals surface area contributed by atoms with Crippen molar-refractivity contribution in [3.63, 3.8) is 0 Å². The van der Waals surface area contributed by atoms with Crippen LogP contribution in [0.1, 0.15) is 43.6 Å². The molecule has 6 heteroatoms. The Bertz CT molecular complexity index is 1020. The van der Waals surface area contributed by atoms with Crippen LogP contribution in [-0.2, 0) is 10.0 Å². The number of nitrogens with zero attached hydrogens (tertiary/aromatic N) is 1. The molecule has 1 saturated carbocycles. The monoisotopic (exact) mass is 382 g/mol. The summed E-state index contributed by atoms with van der Waals surface area (Å²) in [6.07, 6.45) is 8.12. The fourth-order valence-electron chi connectivity index (χ4n) is 3.69. The minimum atomic E-state index is -3.70. The summed E-state index contributed by atoms with van der Waals surface area (Å²) < 4.78 is 28.3. The summed E-state index contributed by atoms with van der Waals surface area (Å²) in [5.74, 6) is 1.22. The molecule has 2 N–H and O–H groups in total. The second-order valence-electron chi connectivity index (χ2n) is 7.06. The molecule has 0 unspecified atom stereocenters. The van der Waals surface area contributed by atoms with Crippen LogP contribution in [0.5, 0.6) is 0 Å². The van der Waals surface area contributed by atoms with E-state index in [0.717, 1.165) is 11.1 Å². The first kappa shape index (κ1) is 17.9. The molecule has 1 aliphatic rings. The maximum atomic E-state index is 11.4. The number of sulfonamides is 1. The van der Waals surface area contributed by atoms with Crippen LogP contribution in [0.25, 0.3) is 22.7 Å². The average molecular weight is 382 g/mol. The van der Waals surface area contributed by atoms with Crippen LogP contribution in [0.15, 0.2) is 64.1 Å². The molecule has 1 aliphatic carbocycles. The van der Waals surface area contributed by atoms with Gasteiger partial charge in [0.1, 0.15) is 12.0 Å². The first-order valence-electron chi connectivity index (χ1n) is 9.20. The second-order valence-corrected chi connectivity index (χ2v) is 8.63. The van der Waals surface area contributed by atoms with Crippen LogP contribution in [0.3, 0.4) is 0 Å². The summed E-state index contributed by atoms with van der Waals surface area (Å²) in [6, 6.07) is 14.8. The molecule has 0 atom stereocenters. The highest BCUT2D eigenvalue weighted by atomic mass is 32.2. The third-order valence-corrected chi connectivity index (χ3v) is 6.15. The Morgan fingerprint density at radius 1 is 0.889 bits per heavy atom. The van der Waals surface area contributed by atoms with Gasteiger partial charge in [-0.05, 0) is 48.6 Å². The van der Waals surface area contributed by atoms with Crippen molar-refractivity contribution in [2.75, 3.05) is 0 Å². The Morgan fingerprint density at radius 3 is 2.15 bits per heavy atom. The summed E-state index contributed by atoms with van der Waals surface area (Å²) >= 11 is 0. The Kier molecular flexibility index (Phi) is 4.85. The van der Waals surface area contributed by atoms with Gasteiger partial charge in [0.25, 0.3) is 0 Å². The lowest BCUT2D eigenvalue weighted by Crippen LogP contribution is -2.11. The number of aromatic nitrogens is 1. The topological polar surface area (TPSA) is 86.2 Å². The molecule has 3 aromatic rings. The fraction of sp³-hybridized carbons (Fsp3) is 0.286. The molecule has 0 saturated heterocycles. The van der Waals surface area contributed by atoms with Gasteiger partial charge in [-0.25, -0.2) is 18.5 Å². The first-order valence-corrected chi connectivity index (χ1v) is 10.7. The van der Waals surface area contributed by atoms with E-state index in [-0.39, 0.29) is 4.90 Å². The summed E-state index contributed by atoms with van der Waals surface area (Å²) in [4.78, 5) is 4.61. The first-order chi connectivity index (χ1) is 13.0. The number of benzene rings is 2. The minimum Gasteiger partial charge on any atom is -0.444 e. The van der Waals surface area contributed by atoms with E-state index in [1.54, 1.807) is 18.4 Å². The van der Waals surface area contributed by atoms with Crippen molar-refractivity contribution in [2.45, 2.75) is 42.9 Å². The number of hydrogen-bond donors (Lipinski definition) is 1. The standard InChI is InChI=1S/C21H22N2O3S/c22-27(24,25)19-12-10-17(11-13-19)20-14-26-21(23-20)18-8-6-16(7-9-18)15-4-2-1-3-5-15/h6-15H,1-5H2,(H2,22,24,25). The molecule has 140 valence electrons. The van der Waals surface area contributed by atoms with E-state index < -0.39 is 10.0 Å². The molecule has 4 rings (SSSR count). The molecule has 0 radical (unpaired) electrons. The van der Waals surface area contributed by atoms with Gasteiger partial charge in [-0.15, -0.1) is 0 Å². The van der Waals surface area contributed by atoms with E-state index >= 15 is 0 Å².